The van der Waals surface area contributed by atoms with Gasteiger partial charge in [0, 0.05) is 44.6 Å². The van der Waals surface area contributed by atoms with E-state index >= 15 is 0 Å². The van der Waals surface area contributed by atoms with Crippen LogP contribution in [0.1, 0.15) is 50.7 Å². The van der Waals surface area contributed by atoms with Crippen molar-refractivity contribution in [3.63, 3.8) is 0 Å². The van der Waals surface area contributed by atoms with Crippen molar-refractivity contribution in [3.8, 4) is 0 Å². The molecule has 3 N–H and O–H groups in total. The van der Waals surface area contributed by atoms with Crippen LogP contribution in [0.2, 0.25) is 0 Å². The van der Waals surface area contributed by atoms with E-state index in [2.05, 4.69) is 31.9 Å². The number of likely N-dealkylation sites (tertiary alicyclic amines) is 1. The van der Waals surface area contributed by atoms with Crippen LogP contribution in [0, 0.1) is 0 Å². The maximum atomic E-state index is 11.1. The van der Waals surface area contributed by atoms with Crippen LogP contribution in [0.3, 0.4) is 0 Å². The topological polar surface area (TPSA) is 89.1 Å². The van der Waals surface area contributed by atoms with E-state index in [1.54, 1.807) is 6.92 Å². The molecule has 22 heavy (non-hydrogen) atoms. The second kappa shape index (κ2) is 6.34. The Kier molecular flexibility index (Phi) is 4.44. The van der Waals surface area contributed by atoms with E-state index in [0.717, 1.165) is 57.1 Å². The fourth-order valence-electron chi connectivity index (χ4n) is 3.57. The Bertz CT molecular complexity index is 536. The van der Waals surface area contributed by atoms with Crippen molar-refractivity contribution in [3.05, 3.63) is 11.6 Å². The summed E-state index contributed by atoms with van der Waals surface area (Å²) in [5.74, 6) is 2.65. The zero-order valence-electron chi connectivity index (χ0n) is 13.5. The third-order valence-corrected chi connectivity index (χ3v) is 4.76. The lowest BCUT2D eigenvalue weighted by Gasteiger charge is -2.31. The lowest BCUT2D eigenvalue weighted by atomic mass is 9.80. The summed E-state index contributed by atoms with van der Waals surface area (Å²) in [6.45, 7) is 7.29. The maximum absolute atomic E-state index is 11.1. The van der Waals surface area contributed by atoms with E-state index in [4.69, 9.17) is 5.73 Å². The summed E-state index contributed by atoms with van der Waals surface area (Å²) in [7, 11) is 0. The Morgan fingerprint density at radius 3 is 2.82 bits per heavy atom. The van der Waals surface area contributed by atoms with Gasteiger partial charge in [-0.3, -0.25) is 9.69 Å². The molecule has 2 aliphatic rings. The van der Waals surface area contributed by atoms with Gasteiger partial charge in [0.1, 0.15) is 11.6 Å². The van der Waals surface area contributed by atoms with Gasteiger partial charge in [-0.2, -0.15) is 0 Å². The SMILES string of the molecule is CCn1c(CN2CC[C@H](NC(C)=O)C2)nnc1C1CC(N)C1. The van der Waals surface area contributed by atoms with Crippen LogP contribution in [-0.2, 0) is 17.9 Å². The minimum atomic E-state index is 0.0483. The minimum absolute atomic E-state index is 0.0483. The quantitative estimate of drug-likeness (QED) is 0.812. The number of carbonyl (C=O) groups is 1. The molecule has 1 aliphatic carbocycles. The fourth-order valence-corrected chi connectivity index (χ4v) is 3.57. The van der Waals surface area contributed by atoms with E-state index < -0.39 is 0 Å². The first-order valence-electron chi connectivity index (χ1n) is 8.23. The van der Waals surface area contributed by atoms with Crippen LogP contribution < -0.4 is 11.1 Å². The molecule has 2 fully saturated rings. The molecule has 0 radical (unpaired) electrons. The molecule has 0 aromatic carbocycles. The lowest BCUT2D eigenvalue weighted by molar-refractivity contribution is -0.119. The number of nitrogens with zero attached hydrogens (tertiary/aromatic N) is 4. The summed E-state index contributed by atoms with van der Waals surface area (Å²) in [6, 6.07) is 0.590. The molecular formula is C15H26N6O. The number of nitrogens with two attached hydrogens (primary N) is 1. The molecule has 7 heteroatoms. The van der Waals surface area contributed by atoms with Crippen molar-refractivity contribution >= 4 is 5.91 Å². The summed E-state index contributed by atoms with van der Waals surface area (Å²) in [5.41, 5.74) is 5.89. The second-order valence-corrected chi connectivity index (χ2v) is 6.57. The summed E-state index contributed by atoms with van der Waals surface area (Å²) >= 11 is 0. The van der Waals surface area contributed by atoms with Gasteiger partial charge in [0.15, 0.2) is 0 Å². The number of carbonyl (C=O) groups excluding carboxylic acids is 1. The van der Waals surface area contributed by atoms with Crippen molar-refractivity contribution in [1.82, 2.24) is 25.0 Å². The first-order valence-corrected chi connectivity index (χ1v) is 8.23. The summed E-state index contributed by atoms with van der Waals surface area (Å²) in [5, 5.41) is 11.8. The van der Waals surface area contributed by atoms with Gasteiger partial charge < -0.3 is 15.6 Å². The van der Waals surface area contributed by atoms with Crippen molar-refractivity contribution < 1.29 is 4.79 Å². The molecule has 1 aliphatic heterocycles. The molecule has 1 aromatic rings. The van der Waals surface area contributed by atoms with Gasteiger partial charge in [0.05, 0.1) is 6.54 Å². The van der Waals surface area contributed by atoms with Crippen LogP contribution in [0.15, 0.2) is 0 Å². The highest BCUT2D eigenvalue weighted by Crippen LogP contribution is 2.34. The van der Waals surface area contributed by atoms with E-state index in [1.165, 1.54) is 0 Å². The van der Waals surface area contributed by atoms with Gasteiger partial charge in [-0.05, 0) is 26.2 Å². The summed E-state index contributed by atoms with van der Waals surface area (Å²) < 4.78 is 2.24. The highest BCUT2D eigenvalue weighted by atomic mass is 16.1. The molecule has 1 aromatic heterocycles. The molecule has 7 nitrogen and oxygen atoms in total. The van der Waals surface area contributed by atoms with Crippen LogP contribution >= 0.6 is 0 Å². The van der Waals surface area contributed by atoms with E-state index in [1.807, 2.05) is 0 Å². The molecule has 1 saturated carbocycles. The first kappa shape index (κ1) is 15.4. The number of nitrogens with one attached hydrogen (secondary N) is 1. The van der Waals surface area contributed by atoms with Gasteiger partial charge in [-0.15, -0.1) is 10.2 Å². The fraction of sp³-hybridized carbons (Fsp3) is 0.800. The highest BCUT2D eigenvalue weighted by molar-refractivity contribution is 5.73. The third kappa shape index (κ3) is 3.15. The van der Waals surface area contributed by atoms with Crippen LogP contribution in [-0.4, -0.2) is 50.7 Å². The zero-order chi connectivity index (χ0) is 15.7. The average Bonchev–Trinajstić information content (AvgIpc) is 3.02. The number of amides is 1. The van der Waals surface area contributed by atoms with Crippen molar-refractivity contribution in [1.29, 1.82) is 0 Å². The predicted octanol–water partition coefficient (Wildman–Crippen LogP) is 0.213. The Balaban J connectivity index is 1.62. The first-order chi connectivity index (χ1) is 10.6. The van der Waals surface area contributed by atoms with E-state index in [-0.39, 0.29) is 11.9 Å². The molecule has 1 atom stereocenters. The second-order valence-electron chi connectivity index (χ2n) is 6.57. The Morgan fingerprint density at radius 2 is 2.18 bits per heavy atom. The minimum Gasteiger partial charge on any atom is -0.352 e. The molecule has 0 unspecified atom stereocenters. The Morgan fingerprint density at radius 1 is 1.41 bits per heavy atom. The molecular weight excluding hydrogens is 280 g/mol. The van der Waals surface area contributed by atoms with E-state index in [9.17, 15) is 4.79 Å². The number of hydrogen-bond acceptors (Lipinski definition) is 5. The van der Waals surface area contributed by atoms with Crippen molar-refractivity contribution in [2.75, 3.05) is 13.1 Å². The smallest absolute Gasteiger partial charge is 0.217 e. The standard InChI is InChI=1S/C15H26N6O/c1-3-21-14(18-19-15(21)11-6-12(16)7-11)9-20-5-4-13(8-20)17-10(2)22/h11-13H,3-9,16H2,1-2H3,(H,17,22)/t11?,12?,13-/m0/s1. The zero-order valence-corrected chi connectivity index (χ0v) is 13.5. The molecule has 3 rings (SSSR count). The predicted molar refractivity (Wildman–Crippen MR) is 83.1 cm³/mol. The third-order valence-electron chi connectivity index (χ3n) is 4.76. The normalized spacial score (nSPS) is 28.6. The number of hydrogen-bond donors (Lipinski definition) is 2. The molecule has 122 valence electrons. The Hall–Kier alpha value is -1.47. The molecule has 1 saturated heterocycles. The van der Waals surface area contributed by atoms with Gasteiger partial charge in [0.25, 0.3) is 0 Å². The maximum Gasteiger partial charge on any atom is 0.217 e. The van der Waals surface area contributed by atoms with Gasteiger partial charge in [-0.1, -0.05) is 0 Å². The summed E-state index contributed by atoms with van der Waals surface area (Å²) in [4.78, 5) is 13.5. The monoisotopic (exact) mass is 306 g/mol. The van der Waals surface area contributed by atoms with Gasteiger partial charge in [-0.25, -0.2) is 0 Å². The molecule has 0 bridgehead atoms. The summed E-state index contributed by atoms with van der Waals surface area (Å²) in [6.07, 6.45) is 3.04. The van der Waals surface area contributed by atoms with Gasteiger partial charge >= 0.3 is 0 Å². The van der Waals surface area contributed by atoms with Crippen molar-refractivity contribution in [2.24, 2.45) is 5.73 Å². The van der Waals surface area contributed by atoms with Crippen LogP contribution in [0.25, 0.3) is 0 Å². The van der Waals surface area contributed by atoms with Crippen LogP contribution in [0.4, 0.5) is 0 Å². The Labute approximate surface area is 131 Å². The molecule has 0 spiro atoms. The number of aromatic nitrogens is 3. The lowest BCUT2D eigenvalue weighted by Crippen LogP contribution is -2.36. The van der Waals surface area contributed by atoms with Crippen molar-refractivity contribution in [2.45, 2.75) is 64.2 Å². The average molecular weight is 306 g/mol. The molecule has 2 heterocycles. The largest absolute Gasteiger partial charge is 0.352 e. The van der Waals surface area contributed by atoms with Crippen LogP contribution in [0.5, 0.6) is 0 Å². The molecule has 1 amide bonds. The van der Waals surface area contributed by atoms with E-state index in [0.29, 0.717) is 12.0 Å². The highest BCUT2D eigenvalue weighted by Gasteiger charge is 2.32. The van der Waals surface area contributed by atoms with Gasteiger partial charge in [0.2, 0.25) is 5.91 Å². The number of rotatable bonds is 5.